The molecule has 0 saturated carbocycles. The Bertz CT molecular complexity index is 631. The van der Waals surface area contributed by atoms with Crippen molar-refractivity contribution in [2.75, 3.05) is 32.2 Å². The van der Waals surface area contributed by atoms with Crippen molar-refractivity contribution in [1.29, 1.82) is 0 Å². The first-order valence-electron chi connectivity index (χ1n) is 7.33. The molecule has 1 aromatic carbocycles. The van der Waals surface area contributed by atoms with Crippen LogP contribution in [0.4, 0.5) is 11.6 Å². The average Bonchev–Trinajstić information content (AvgIpc) is 2.57. The van der Waals surface area contributed by atoms with Crippen molar-refractivity contribution in [3.8, 4) is 5.75 Å². The number of rotatable bonds is 8. The first kappa shape index (κ1) is 16.7. The van der Waals surface area contributed by atoms with E-state index in [9.17, 15) is 4.79 Å². The summed E-state index contributed by atoms with van der Waals surface area (Å²) >= 11 is 0. The van der Waals surface area contributed by atoms with E-state index in [0.29, 0.717) is 31.4 Å². The number of amides is 1. The number of carbonyl (C=O) groups excluding carboxylic acids is 1. The SMILES string of the molecule is CCOc1ccc(Nc2nccc(C(=O)NCCOC)n2)cc1. The van der Waals surface area contributed by atoms with Gasteiger partial charge in [-0.2, -0.15) is 0 Å². The third-order valence-electron chi connectivity index (χ3n) is 2.90. The second-order valence-electron chi connectivity index (χ2n) is 4.60. The highest BCUT2D eigenvalue weighted by Gasteiger charge is 2.08. The van der Waals surface area contributed by atoms with Gasteiger partial charge < -0.3 is 20.1 Å². The number of benzene rings is 1. The lowest BCUT2D eigenvalue weighted by Crippen LogP contribution is -2.27. The summed E-state index contributed by atoms with van der Waals surface area (Å²) in [5.74, 6) is 0.887. The van der Waals surface area contributed by atoms with Gasteiger partial charge in [-0.05, 0) is 37.3 Å². The fourth-order valence-electron chi connectivity index (χ4n) is 1.83. The van der Waals surface area contributed by atoms with Gasteiger partial charge in [0, 0.05) is 25.5 Å². The summed E-state index contributed by atoms with van der Waals surface area (Å²) in [7, 11) is 1.58. The van der Waals surface area contributed by atoms with Gasteiger partial charge in [-0.3, -0.25) is 4.79 Å². The van der Waals surface area contributed by atoms with E-state index in [0.717, 1.165) is 11.4 Å². The van der Waals surface area contributed by atoms with Gasteiger partial charge in [-0.1, -0.05) is 0 Å². The van der Waals surface area contributed by atoms with Crippen LogP contribution in [0.15, 0.2) is 36.5 Å². The Hall–Kier alpha value is -2.67. The lowest BCUT2D eigenvalue weighted by atomic mass is 10.3. The van der Waals surface area contributed by atoms with Gasteiger partial charge >= 0.3 is 0 Å². The van der Waals surface area contributed by atoms with Crippen LogP contribution in [0.2, 0.25) is 0 Å². The largest absolute Gasteiger partial charge is 0.494 e. The Morgan fingerprint density at radius 3 is 2.70 bits per heavy atom. The number of aromatic nitrogens is 2. The Kier molecular flexibility index (Phi) is 6.31. The highest BCUT2D eigenvalue weighted by atomic mass is 16.5. The summed E-state index contributed by atoms with van der Waals surface area (Å²) in [4.78, 5) is 20.3. The molecular weight excluding hydrogens is 296 g/mol. The summed E-state index contributed by atoms with van der Waals surface area (Å²) < 4.78 is 10.3. The van der Waals surface area contributed by atoms with E-state index >= 15 is 0 Å². The molecule has 7 nitrogen and oxygen atoms in total. The summed E-state index contributed by atoms with van der Waals surface area (Å²) in [5, 5.41) is 5.77. The second-order valence-corrected chi connectivity index (χ2v) is 4.60. The van der Waals surface area contributed by atoms with E-state index in [1.165, 1.54) is 6.20 Å². The first-order valence-corrected chi connectivity index (χ1v) is 7.33. The predicted molar refractivity (Wildman–Crippen MR) is 87.1 cm³/mol. The quantitative estimate of drug-likeness (QED) is 0.725. The Morgan fingerprint density at radius 1 is 1.22 bits per heavy atom. The zero-order valence-electron chi connectivity index (χ0n) is 13.2. The molecule has 0 aliphatic rings. The number of ether oxygens (including phenoxy) is 2. The minimum absolute atomic E-state index is 0.265. The highest BCUT2D eigenvalue weighted by Crippen LogP contribution is 2.18. The Balaban J connectivity index is 2.00. The number of methoxy groups -OCH3 is 1. The van der Waals surface area contributed by atoms with Crippen molar-refractivity contribution in [3.63, 3.8) is 0 Å². The summed E-state index contributed by atoms with van der Waals surface area (Å²) in [5.41, 5.74) is 1.11. The van der Waals surface area contributed by atoms with E-state index in [1.807, 2.05) is 31.2 Å². The van der Waals surface area contributed by atoms with E-state index < -0.39 is 0 Å². The number of nitrogens with zero attached hydrogens (tertiary/aromatic N) is 2. The number of anilines is 2. The van der Waals surface area contributed by atoms with Gasteiger partial charge in [-0.25, -0.2) is 9.97 Å². The van der Waals surface area contributed by atoms with Gasteiger partial charge in [0.25, 0.3) is 5.91 Å². The molecule has 0 saturated heterocycles. The van der Waals surface area contributed by atoms with Gasteiger partial charge in [0.2, 0.25) is 5.95 Å². The molecule has 23 heavy (non-hydrogen) atoms. The van der Waals surface area contributed by atoms with Crippen LogP contribution in [0, 0.1) is 0 Å². The molecule has 0 spiro atoms. The minimum Gasteiger partial charge on any atom is -0.494 e. The molecule has 0 aliphatic heterocycles. The van der Waals surface area contributed by atoms with E-state index in [4.69, 9.17) is 9.47 Å². The zero-order chi connectivity index (χ0) is 16.5. The van der Waals surface area contributed by atoms with Crippen molar-refractivity contribution in [2.45, 2.75) is 6.92 Å². The van der Waals surface area contributed by atoms with Gasteiger partial charge in [0.05, 0.1) is 13.2 Å². The van der Waals surface area contributed by atoms with Crippen LogP contribution in [-0.2, 0) is 4.74 Å². The third kappa shape index (κ3) is 5.23. The molecule has 0 aliphatic carbocycles. The topological polar surface area (TPSA) is 85.4 Å². The maximum atomic E-state index is 11.9. The van der Waals surface area contributed by atoms with Crippen LogP contribution in [0.5, 0.6) is 5.75 Å². The number of hydrogen-bond acceptors (Lipinski definition) is 6. The molecule has 0 radical (unpaired) electrons. The molecule has 122 valence electrons. The van der Waals surface area contributed by atoms with E-state index in [1.54, 1.807) is 13.2 Å². The molecular formula is C16H20N4O3. The van der Waals surface area contributed by atoms with E-state index in [-0.39, 0.29) is 5.91 Å². The van der Waals surface area contributed by atoms with Crippen molar-refractivity contribution < 1.29 is 14.3 Å². The molecule has 1 aromatic heterocycles. The zero-order valence-corrected chi connectivity index (χ0v) is 13.2. The lowest BCUT2D eigenvalue weighted by molar-refractivity contribution is 0.0932. The second kappa shape index (κ2) is 8.70. The van der Waals surface area contributed by atoms with Crippen molar-refractivity contribution in [2.24, 2.45) is 0 Å². The monoisotopic (exact) mass is 316 g/mol. The van der Waals surface area contributed by atoms with Crippen LogP contribution in [0.3, 0.4) is 0 Å². The normalized spacial score (nSPS) is 10.2. The molecule has 0 unspecified atom stereocenters. The van der Waals surface area contributed by atoms with Crippen LogP contribution in [0.25, 0.3) is 0 Å². The van der Waals surface area contributed by atoms with Crippen LogP contribution in [0.1, 0.15) is 17.4 Å². The standard InChI is InChI=1S/C16H20N4O3/c1-3-23-13-6-4-12(5-7-13)19-16-18-9-8-14(20-16)15(21)17-10-11-22-2/h4-9H,3,10-11H2,1-2H3,(H,17,21)(H,18,19,20). The predicted octanol–water partition coefficient (Wildman–Crippen LogP) is 2.00. The maximum Gasteiger partial charge on any atom is 0.270 e. The molecule has 1 heterocycles. The first-order chi connectivity index (χ1) is 11.2. The number of carbonyl (C=O) groups is 1. The molecule has 1 amide bonds. The molecule has 2 N–H and O–H groups in total. The fourth-order valence-corrected chi connectivity index (χ4v) is 1.83. The van der Waals surface area contributed by atoms with E-state index in [2.05, 4.69) is 20.6 Å². The van der Waals surface area contributed by atoms with Gasteiger partial charge in [-0.15, -0.1) is 0 Å². The van der Waals surface area contributed by atoms with Crippen molar-refractivity contribution >= 4 is 17.5 Å². The third-order valence-corrected chi connectivity index (χ3v) is 2.90. The summed E-state index contributed by atoms with van der Waals surface area (Å²) in [6.45, 7) is 3.44. The highest BCUT2D eigenvalue weighted by molar-refractivity contribution is 5.92. The van der Waals surface area contributed by atoms with Crippen molar-refractivity contribution in [1.82, 2.24) is 15.3 Å². The van der Waals surface area contributed by atoms with Gasteiger partial charge in [0.15, 0.2) is 0 Å². The molecule has 7 heteroatoms. The smallest absolute Gasteiger partial charge is 0.270 e. The Labute approximate surface area is 135 Å². The fraction of sp³-hybridized carbons (Fsp3) is 0.312. The van der Waals surface area contributed by atoms with Gasteiger partial charge in [0.1, 0.15) is 11.4 Å². The minimum atomic E-state index is -0.265. The van der Waals surface area contributed by atoms with Crippen LogP contribution in [-0.4, -0.2) is 42.7 Å². The summed E-state index contributed by atoms with van der Waals surface area (Å²) in [6.07, 6.45) is 1.54. The van der Waals surface area contributed by atoms with Crippen LogP contribution < -0.4 is 15.4 Å². The molecule has 2 rings (SSSR count). The number of hydrogen-bond donors (Lipinski definition) is 2. The number of nitrogens with one attached hydrogen (secondary N) is 2. The average molecular weight is 316 g/mol. The Morgan fingerprint density at radius 2 is 2.00 bits per heavy atom. The van der Waals surface area contributed by atoms with Crippen LogP contribution >= 0.6 is 0 Å². The summed E-state index contributed by atoms with van der Waals surface area (Å²) in [6, 6.07) is 8.99. The lowest BCUT2D eigenvalue weighted by Gasteiger charge is -2.08. The molecule has 0 fully saturated rings. The molecule has 0 bridgehead atoms. The molecule has 0 atom stereocenters. The van der Waals surface area contributed by atoms with Crippen molar-refractivity contribution in [3.05, 3.63) is 42.2 Å². The molecule has 2 aromatic rings. The maximum absolute atomic E-state index is 11.9.